The Bertz CT molecular complexity index is 1460. The van der Waals surface area contributed by atoms with Crippen molar-refractivity contribution in [2.45, 2.75) is 6.54 Å². The van der Waals surface area contributed by atoms with Crippen molar-refractivity contribution in [1.29, 1.82) is 0 Å². The lowest BCUT2D eigenvalue weighted by Gasteiger charge is -2.07. The fraction of sp³-hybridized carbons (Fsp3) is 0.0435. The molecule has 0 fully saturated rings. The van der Waals surface area contributed by atoms with Crippen LogP contribution in [0.4, 0.5) is 11.6 Å². The Morgan fingerprint density at radius 3 is 2.66 bits per heavy atom. The lowest BCUT2D eigenvalue weighted by molar-refractivity contribution is -0.384. The maximum absolute atomic E-state index is 10.9. The van der Waals surface area contributed by atoms with Crippen LogP contribution in [0.1, 0.15) is 11.1 Å². The van der Waals surface area contributed by atoms with Gasteiger partial charge in [-0.3, -0.25) is 10.1 Å². The number of hydrazone groups is 1. The van der Waals surface area contributed by atoms with E-state index in [1.165, 1.54) is 18.3 Å². The van der Waals surface area contributed by atoms with Crippen LogP contribution in [0.3, 0.4) is 0 Å². The molecule has 0 aliphatic carbocycles. The van der Waals surface area contributed by atoms with Crippen molar-refractivity contribution in [3.8, 4) is 0 Å². The zero-order valence-electron chi connectivity index (χ0n) is 16.8. The standard InChI is InChI=1S/C23H17N7O2/c31-30(32)18-10-6-9-17(13-18)14-24-27-23-25-22-21(26-28-23)19-11-4-5-12-20(19)29(22)15-16-7-2-1-3-8-16/h1-14H,15H2,(H,25,27,28)/b24-14-. The lowest BCUT2D eigenvalue weighted by atomic mass is 10.2. The third kappa shape index (κ3) is 3.74. The number of benzene rings is 3. The Balaban J connectivity index is 1.49. The number of nitro groups is 1. The molecule has 2 aromatic heterocycles. The van der Waals surface area contributed by atoms with Crippen LogP contribution in [-0.2, 0) is 6.54 Å². The van der Waals surface area contributed by atoms with E-state index in [-0.39, 0.29) is 11.6 Å². The summed E-state index contributed by atoms with van der Waals surface area (Å²) in [7, 11) is 0. The average Bonchev–Trinajstić information content (AvgIpc) is 3.13. The van der Waals surface area contributed by atoms with Gasteiger partial charge < -0.3 is 4.57 Å². The molecular formula is C23H17N7O2. The van der Waals surface area contributed by atoms with Gasteiger partial charge in [0, 0.05) is 29.6 Å². The summed E-state index contributed by atoms with van der Waals surface area (Å²) < 4.78 is 2.10. The number of nitrogens with one attached hydrogen (secondary N) is 1. The zero-order chi connectivity index (χ0) is 21.9. The molecule has 0 atom stereocenters. The van der Waals surface area contributed by atoms with E-state index in [9.17, 15) is 10.1 Å². The number of fused-ring (bicyclic) bond motifs is 3. The minimum Gasteiger partial charge on any atom is -0.319 e. The highest BCUT2D eigenvalue weighted by Crippen LogP contribution is 2.27. The summed E-state index contributed by atoms with van der Waals surface area (Å²) in [4.78, 5) is 15.1. The van der Waals surface area contributed by atoms with Crippen molar-refractivity contribution >= 4 is 39.9 Å². The minimum atomic E-state index is -0.447. The predicted octanol–water partition coefficient (Wildman–Crippen LogP) is 4.38. The zero-order valence-corrected chi connectivity index (χ0v) is 16.8. The minimum absolute atomic E-state index is 0.00119. The van der Waals surface area contributed by atoms with Gasteiger partial charge in [0.2, 0.25) is 0 Å². The molecular weight excluding hydrogens is 406 g/mol. The van der Waals surface area contributed by atoms with Gasteiger partial charge in [-0.1, -0.05) is 60.7 Å². The number of para-hydroxylation sites is 1. The van der Waals surface area contributed by atoms with Gasteiger partial charge in [0.1, 0.15) is 5.52 Å². The molecule has 9 nitrogen and oxygen atoms in total. The third-order valence-corrected chi connectivity index (χ3v) is 5.02. The van der Waals surface area contributed by atoms with E-state index in [0.29, 0.717) is 23.3 Å². The molecule has 0 radical (unpaired) electrons. The second kappa shape index (κ2) is 8.23. The number of anilines is 1. The highest BCUT2D eigenvalue weighted by molar-refractivity contribution is 6.04. The van der Waals surface area contributed by atoms with Gasteiger partial charge in [-0.25, -0.2) is 5.43 Å². The predicted molar refractivity (Wildman–Crippen MR) is 123 cm³/mol. The van der Waals surface area contributed by atoms with Crippen LogP contribution in [0.5, 0.6) is 0 Å². The summed E-state index contributed by atoms with van der Waals surface area (Å²) in [5.41, 5.74) is 6.92. The summed E-state index contributed by atoms with van der Waals surface area (Å²) in [6, 6.07) is 24.3. The molecule has 0 aliphatic rings. The molecule has 9 heteroatoms. The average molecular weight is 423 g/mol. The summed E-state index contributed by atoms with van der Waals surface area (Å²) in [5, 5.41) is 24.5. The molecule has 3 aromatic carbocycles. The van der Waals surface area contributed by atoms with Crippen molar-refractivity contribution in [2.75, 3.05) is 5.43 Å². The van der Waals surface area contributed by atoms with Gasteiger partial charge in [0.15, 0.2) is 5.65 Å². The Hall–Kier alpha value is -4.66. The summed E-state index contributed by atoms with van der Waals surface area (Å²) in [6.45, 7) is 0.639. The second-order valence-electron chi connectivity index (χ2n) is 7.12. The van der Waals surface area contributed by atoms with Crippen LogP contribution < -0.4 is 5.43 Å². The maximum atomic E-state index is 10.9. The molecule has 0 spiro atoms. The lowest BCUT2D eigenvalue weighted by Crippen LogP contribution is -2.04. The van der Waals surface area contributed by atoms with Gasteiger partial charge in [-0.05, 0) is 11.6 Å². The first-order valence-corrected chi connectivity index (χ1v) is 9.88. The SMILES string of the molecule is O=[N+]([O-])c1cccc(/C=N\Nc2nnc3c4ccccc4n(Cc4ccccc4)c3n2)c1. The molecule has 5 rings (SSSR count). The Labute approximate surface area is 182 Å². The molecule has 2 heterocycles. The number of rotatable bonds is 6. The normalized spacial score (nSPS) is 11.4. The van der Waals surface area contributed by atoms with E-state index in [2.05, 4.69) is 42.4 Å². The van der Waals surface area contributed by atoms with Gasteiger partial charge in [0.05, 0.1) is 16.7 Å². The Morgan fingerprint density at radius 2 is 1.81 bits per heavy atom. The molecule has 0 amide bonds. The van der Waals surface area contributed by atoms with E-state index in [1.54, 1.807) is 12.1 Å². The van der Waals surface area contributed by atoms with Crippen LogP contribution in [0, 0.1) is 10.1 Å². The van der Waals surface area contributed by atoms with Crippen LogP contribution >= 0.6 is 0 Å². The smallest absolute Gasteiger partial charge is 0.270 e. The van der Waals surface area contributed by atoms with Crippen LogP contribution in [0.15, 0.2) is 84.0 Å². The van der Waals surface area contributed by atoms with Gasteiger partial charge in [-0.2, -0.15) is 10.1 Å². The van der Waals surface area contributed by atoms with E-state index in [0.717, 1.165) is 16.5 Å². The van der Waals surface area contributed by atoms with E-state index < -0.39 is 4.92 Å². The molecule has 0 saturated heterocycles. The Kier molecular flexibility index (Phi) is 4.97. The van der Waals surface area contributed by atoms with E-state index in [4.69, 9.17) is 0 Å². The number of hydrogen-bond donors (Lipinski definition) is 1. The summed E-state index contributed by atoms with van der Waals surface area (Å²) in [5.74, 6) is 0.233. The highest BCUT2D eigenvalue weighted by Gasteiger charge is 2.14. The first-order chi connectivity index (χ1) is 15.7. The number of hydrogen-bond acceptors (Lipinski definition) is 7. The van der Waals surface area contributed by atoms with Crippen molar-refractivity contribution in [3.05, 3.63) is 100 Å². The summed E-state index contributed by atoms with van der Waals surface area (Å²) in [6.07, 6.45) is 1.47. The number of nitro benzene ring substituents is 1. The van der Waals surface area contributed by atoms with Crippen LogP contribution in [-0.4, -0.2) is 30.9 Å². The van der Waals surface area contributed by atoms with Crippen molar-refractivity contribution in [1.82, 2.24) is 19.7 Å². The fourth-order valence-corrected chi connectivity index (χ4v) is 3.56. The summed E-state index contributed by atoms with van der Waals surface area (Å²) >= 11 is 0. The topological polar surface area (TPSA) is 111 Å². The Morgan fingerprint density at radius 1 is 1.00 bits per heavy atom. The molecule has 32 heavy (non-hydrogen) atoms. The molecule has 0 saturated carbocycles. The highest BCUT2D eigenvalue weighted by atomic mass is 16.6. The molecule has 5 aromatic rings. The van der Waals surface area contributed by atoms with Crippen molar-refractivity contribution < 1.29 is 4.92 Å². The molecule has 0 bridgehead atoms. The molecule has 156 valence electrons. The van der Waals surface area contributed by atoms with Crippen LogP contribution in [0.2, 0.25) is 0 Å². The molecule has 0 unspecified atom stereocenters. The quantitative estimate of drug-likeness (QED) is 0.246. The first kappa shape index (κ1) is 19.3. The second-order valence-corrected chi connectivity index (χ2v) is 7.12. The number of nitrogens with zero attached hydrogens (tertiary/aromatic N) is 6. The molecule has 1 N–H and O–H groups in total. The van der Waals surface area contributed by atoms with E-state index in [1.807, 2.05) is 42.5 Å². The number of non-ortho nitro benzene ring substituents is 1. The number of aromatic nitrogens is 4. The van der Waals surface area contributed by atoms with Gasteiger partial charge >= 0.3 is 0 Å². The van der Waals surface area contributed by atoms with E-state index >= 15 is 0 Å². The van der Waals surface area contributed by atoms with Crippen molar-refractivity contribution in [2.24, 2.45) is 5.10 Å². The van der Waals surface area contributed by atoms with Gasteiger partial charge in [-0.15, -0.1) is 10.2 Å². The van der Waals surface area contributed by atoms with Crippen LogP contribution in [0.25, 0.3) is 22.1 Å². The largest absolute Gasteiger partial charge is 0.319 e. The third-order valence-electron chi connectivity index (χ3n) is 5.02. The van der Waals surface area contributed by atoms with Crippen molar-refractivity contribution in [3.63, 3.8) is 0 Å². The van der Waals surface area contributed by atoms with Gasteiger partial charge in [0.25, 0.3) is 11.6 Å². The molecule has 0 aliphatic heterocycles. The maximum Gasteiger partial charge on any atom is 0.270 e. The first-order valence-electron chi connectivity index (χ1n) is 9.88. The monoisotopic (exact) mass is 423 g/mol. The fourth-order valence-electron chi connectivity index (χ4n) is 3.56.